The number of hydrogen-bond donors (Lipinski definition) is 1. The van der Waals surface area contributed by atoms with Gasteiger partial charge in [-0.05, 0) is 31.9 Å². The Kier molecular flexibility index (Phi) is 4.02. The number of hydrogen-bond acceptors (Lipinski definition) is 5. The van der Waals surface area contributed by atoms with Gasteiger partial charge in [0.2, 0.25) is 0 Å². The zero-order valence-corrected chi connectivity index (χ0v) is 14.6. The third-order valence-corrected chi connectivity index (χ3v) is 4.52. The average molecular weight is 331 g/mol. The molecule has 0 saturated carbocycles. The Morgan fingerprint density at radius 3 is 2.78 bits per heavy atom. The molecule has 2 aromatic rings. The van der Waals surface area contributed by atoms with Crippen molar-refractivity contribution < 1.29 is 9.53 Å². The summed E-state index contributed by atoms with van der Waals surface area (Å²) < 4.78 is 5.58. The van der Waals surface area contributed by atoms with E-state index in [-0.39, 0.29) is 12.1 Å². The molecule has 122 valence electrons. The molecule has 0 saturated heterocycles. The first-order valence-electron chi connectivity index (χ1n) is 7.59. The molecule has 23 heavy (non-hydrogen) atoms. The second kappa shape index (κ2) is 5.85. The molecule has 0 radical (unpaired) electrons. The van der Waals surface area contributed by atoms with Crippen LogP contribution in [0.3, 0.4) is 0 Å². The molecule has 5 nitrogen and oxygen atoms in total. The van der Waals surface area contributed by atoms with Crippen LogP contribution in [-0.4, -0.2) is 28.6 Å². The molecule has 1 unspecified atom stereocenters. The lowest BCUT2D eigenvalue weighted by Gasteiger charge is -2.28. The van der Waals surface area contributed by atoms with Gasteiger partial charge in [-0.2, -0.15) is 0 Å². The van der Waals surface area contributed by atoms with E-state index in [0.29, 0.717) is 6.54 Å². The topological polar surface area (TPSA) is 54.5 Å². The minimum atomic E-state index is -0.519. The lowest BCUT2D eigenvalue weighted by Crippen LogP contribution is -2.36. The molecule has 1 aromatic carbocycles. The molecule has 0 spiro atoms. The van der Waals surface area contributed by atoms with E-state index in [9.17, 15) is 4.79 Å². The van der Waals surface area contributed by atoms with Crippen LogP contribution in [0.2, 0.25) is 0 Å². The number of anilines is 1. The van der Waals surface area contributed by atoms with Crippen LogP contribution in [-0.2, 0) is 11.3 Å². The van der Waals surface area contributed by atoms with E-state index >= 15 is 0 Å². The molecule has 0 fully saturated rings. The minimum absolute atomic E-state index is 0.195. The van der Waals surface area contributed by atoms with E-state index in [1.165, 1.54) is 11.3 Å². The Labute approximate surface area is 140 Å². The van der Waals surface area contributed by atoms with Crippen molar-refractivity contribution in [2.24, 2.45) is 0 Å². The number of benzene rings is 1. The highest BCUT2D eigenvalue weighted by molar-refractivity contribution is 7.13. The van der Waals surface area contributed by atoms with Gasteiger partial charge < -0.3 is 10.1 Å². The van der Waals surface area contributed by atoms with Crippen LogP contribution in [0.1, 0.15) is 43.6 Å². The highest BCUT2D eigenvalue weighted by Crippen LogP contribution is 2.40. The van der Waals surface area contributed by atoms with E-state index in [4.69, 9.17) is 4.74 Å². The average Bonchev–Trinajstić information content (AvgIpc) is 3.09. The van der Waals surface area contributed by atoms with E-state index in [1.54, 1.807) is 4.90 Å². The summed E-state index contributed by atoms with van der Waals surface area (Å²) in [6.45, 7) is 6.18. The fraction of sp³-hybridized carbons (Fsp3) is 0.412. The van der Waals surface area contributed by atoms with Gasteiger partial charge in [-0.15, -0.1) is 11.3 Å². The van der Waals surface area contributed by atoms with E-state index < -0.39 is 5.60 Å². The predicted molar refractivity (Wildman–Crippen MR) is 91.7 cm³/mol. The van der Waals surface area contributed by atoms with Crippen LogP contribution >= 0.6 is 11.3 Å². The second-order valence-electron chi connectivity index (χ2n) is 6.54. The van der Waals surface area contributed by atoms with Crippen molar-refractivity contribution in [3.8, 4) is 0 Å². The number of ether oxygens (including phenoxy) is 1. The zero-order chi connectivity index (χ0) is 16.6. The quantitative estimate of drug-likeness (QED) is 0.903. The molecule has 1 aliphatic rings. The summed E-state index contributed by atoms with van der Waals surface area (Å²) in [7, 11) is 1.84. The van der Waals surface area contributed by atoms with Crippen molar-refractivity contribution in [1.29, 1.82) is 0 Å². The van der Waals surface area contributed by atoms with Gasteiger partial charge in [0.1, 0.15) is 11.6 Å². The Morgan fingerprint density at radius 1 is 1.39 bits per heavy atom. The lowest BCUT2D eigenvalue weighted by molar-refractivity contribution is 0.0200. The largest absolute Gasteiger partial charge is 0.444 e. The van der Waals surface area contributed by atoms with Crippen molar-refractivity contribution >= 4 is 22.6 Å². The monoisotopic (exact) mass is 331 g/mol. The van der Waals surface area contributed by atoms with Gasteiger partial charge in [0.05, 0.1) is 12.2 Å². The molecule has 1 aromatic heterocycles. The summed E-state index contributed by atoms with van der Waals surface area (Å²) in [5.74, 6) is 0. The lowest BCUT2D eigenvalue weighted by atomic mass is 10.0. The third kappa shape index (κ3) is 3.17. The molecule has 0 bridgehead atoms. The first-order chi connectivity index (χ1) is 10.9. The van der Waals surface area contributed by atoms with E-state index in [1.807, 2.05) is 45.3 Å². The first-order valence-corrected chi connectivity index (χ1v) is 8.47. The van der Waals surface area contributed by atoms with Gasteiger partial charge in [0, 0.05) is 12.4 Å². The Bertz CT molecular complexity index is 721. The number of fused-ring (bicyclic) bond motifs is 1. The Morgan fingerprint density at radius 2 is 2.13 bits per heavy atom. The molecule has 6 heteroatoms. The number of rotatable bonds is 2. The highest BCUT2D eigenvalue weighted by atomic mass is 32.1. The second-order valence-corrected chi connectivity index (χ2v) is 7.40. The zero-order valence-electron chi connectivity index (χ0n) is 13.8. The van der Waals surface area contributed by atoms with Gasteiger partial charge in [-0.25, -0.2) is 9.78 Å². The maximum absolute atomic E-state index is 12.7. The standard InChI is InChI=1S/C17H21N3O2S/c1-17(2,3)22-16(21)20-9-11-7-5-6-8-12(11)14(20)13-10-23-15(18-4)19-13/h5-8,10,14H,9H2,1-4H3,(H,18,19). The molecule has 1 N–H and O–H groups in total. The third-order valence-electron chi connectivity index (χ3n) is 3.65. The van der Waals surface area contributed by atoms with Crippen LogP contribution in [0, 0.1) is 0 Å². The number of amides is 1. The van der Waals surface area contributed by atoms with Crippen molar-refractivity contribution in [3.63, 3.8) is 0 Å². The van der Waals surface area contributed by atoms with Crippen LogP contribution in [0.25, 0.3) is 0 Å². The van der Waals surface area contributed by atoms with Crippen molar-refractivity contribution in [1.82, 2.24) is 9.88 Å². The molecule has 3 rings (SSSR count). The van der Waals surface area contributed by atoms with E-state index in [2.05, 4.69) is 22.4 Å². The van der Waals surface area contributed by atoms with Crippen LogP contribution in [0.15, 0.2) is 29.6 Å². The van der Waals surface area contributed by atoms with Crippen LogP contribution in [0.5, 0.6) is 0 Å². The summed E-state index contributed by atoms with van der Waals surface area (Å²) in [5.41, 5.74) is 2.61. The Balaban J connectivity index is 1.97. The molecular formula is C17H21N3O2S. The number of thiazole rings is 1. The molecule has 1 aliphatic heterocycles. The molecule has 2 heterocycles. The number of carbonyl (C=O) groups is 1. The minimum Gasteiger partial charge on any atom is -0.444 e. The molecule has 1 atom stereocenters. The molecular weight excluding hydrogens is 310 g/mol. The van der Waals surface area contributed by atoms with Gasteiger partial charge in [-0.3, -0.25) is 4.90 Å². The van der Waals surface area contributed by atoms with Gasteiger partial charge in [0.15, 0.2) is 5.13 Å². The summed E-state index contributed by atoms with van der Waals surface area (Å²) in [6.07, 6.45) is -0.308. The van der Waals surface area contributed by atoms with Crippen LogP contribution < -0.4 is 5.32 Å². The van der Waals surface area contributed by atoms with Crippen LogP contribution in [0.4, 0.5) is 9.93 Å². The summed E-state index contributed by atoms with van der Waals surface area (Å²) in [5, 5.41) is 5.89. The predicted octanol–water partition coefficient (Wildman–Crippen LogP) is 4.02. The smallest absolute Gasteiger partial charge is 0.411 e. The molecule has 1 amide bonds. The SMILES string of the molecule is CNc1nc(C2c3ccccc3CN2C(=O)OC(C)(C)C)cs1. The fourth-order valence-corrected chi connectivity index (χ4v) is 3.41. The summed E-state index contributed by atoms with van der Waals surface area (Å²) in [4.78, 5) is 19.0. The van der Waals surface area contributed by atoms with E-state index in [0.717, 1.165) is 22.0 Å². The van der Waals surface area contributed by atoms with Crippen molar-refractivity contribution in [2.75, 3.05) is 12.4 Å². The number of nitrogens with zero attached hydrogens (tertiary/aromatic N) is 2. The van der Waals surface area contributed by atoms with Gasteiger partial charge in [0.25, 0.3) is 0 Å². The number of nitrogens with one attached hydrogen (secondary N) is 1. The normalized spacial score (nSPS) is 17.0. The summed E-state index contributed by atoms with van der Waals surface area (Å²) >= 11 is 1.54. The highest BCUT2D eigenvalue weighted by Gasteiger charge is 2.38. The molecule has 0 aliphatic carbocycles. The first kappa shape index (κ1) is 15.8. The van der Waals surface area contributed by atoms with Crippen molar-refractivity contribution in [2.45, 2.75) is 39.0 Å². The van der Waals surface area contributed by atoms with Gasteiger partial charge in [-0.1, -0.05) is 24.3 Å². The maximum atomic E-state index is 12.7. The maximum Gasteiger partial charge on any atom is 0.411 e. The Hall–Kier alpha value is -2.08. The fourth-order valence-electron chi connectivity index (χ4n) is 2.72. The summed E-state index contributed by atoms with van der Waals surface area (Å²) in [6, 6.07) is 7.91. The number of carbonyl (C=O) groups excluding carboxylic acids is 1. The van der Waals surface area contributed by atoms with Gasteiger partial charge >= 0.3 is 6.09 Å². The number of aromatic nitrogens is 1. The van der Waals surface area contributed by atoms with Crippen molar-refractivity contribution in [3.05, 3.63) is 46.5 Å².